The van der Waals surface area contributed by atoms with Crippen LogP contribution in [0.3, 0.4) is 0 Å². The molecule has 0 aliphatic heterocycles. The van der Waals surface area contributed by atoms with Crippen molar-refractivity contribution in [2.45, 2.75) is 32.6 Å². The molecule has 0 bridgehead atoms. The number of carbonyl (C=O) groups is 2. The summed E-state index contributed by atoms with van der Waals surface area (Å²) in [5.74, 6) is -0.262. The third-order valence-corrected chi connectivity index (χ3v) is 3.03. The molecule has 2 amide bonds. The Kier molecular flexibility index (Phi) is 7.46. The van der Waals surface area contributed by atoms with Crippen LogP contribution in [0.1, 0.15) is 38.2 Å². The van der Waals surface area contributed by atoms with E-state index in [0.717, 1.165) is 17.7 Å². The fourth-order valence-corrected chi connectivity index (χ4v) is 1.96. The van der Waals surface area contributed by atoms with Gasteiger partial charge in [0.15, 0.2) is 0 Å². The number of ether oxygens (including phenoxy) is 1. The van der Waals surface area contributed by atoms with Gasteiger partial charge in [-0.05, 0) is 24.0 Å². The smallest absolute Gasteiger partial charge is 0.233 e. The summed E-state index contributed by atoms with van der Waals surface area (Å²) < 4.78 is 4.89. The van der Waals surface area contributed by atoms with Crippen LogP contribution >= 0.6 is 0 Å². The van der Waals surface area contributed by atoms with Crippen LogP contribution in [0, 0.1) is 0 Å². The maximum Gasteiger partial charge on any atom is 0.233 e. The van der Waals surface area contributed by atoms with E-state index in [-0.39, 0.29) is 18.2 Å². The second-order valence-electron chi connectivity index (χ2n) is 5.16. The van der Waals surface area contributed by atoms with Gasteiger partial charge in [-0.15, -0.1) is 0 Å². The molecule has 1 aromatic carbocycles. The van der Waals surface area contributed by atoms with Gasteiger partial charge in [-0.3, -0.25) is 9.59 Å². The summed E-state index contributed by atoms with van der Waals surface area (Å²) in [4.78, 5) is 23.5. The molecule has 1 aromatic rings. The lowest BCUT2D eigenvalue weighted by Crippen LogP contribution is -2.29. The number of amides is 2. The van der Waals surface area contributed by atoms with Crippen LogP contribution < -0.4 is 10.6 Å². The molecule has 0 saturated carbocycles. The predicted octanol–water partition coefficient (Wildman–Crippen LogP) is 2.29. The van der Waals surface area contributed by atoms with E-state index >= 15 is 0 Å². The highest BCUT2D eigenvalue weighted by molar-refractivity contribution is 6.03. The van der Waals surface area contributed by atoms with E-state index in [1.807, 2.05) is 24.3 Å². The highest BCUT2D eigenvalue weighted by Gasteiger charge is 2.12. The zero-order valence-corrected chi connectivity index (χ0v) is 12.9. The van der Waals surface area contributed by atoms with Crippen molar-refractivity contribution in [3.63, 3.8) is 0 Å². The first kappa shape index (κ1) is 17.2. The summed E-state index contributed by atoms with van der Waals surface area (Å²) in [5.41, 5.74) is 1.83. The monoisotopic (exact) mass is 292 g/mol. The Balaban J connectivity index is 2.45. The highest BCUT2D eigenvalue weighted by Crippen LogP contribution is 2.23. The van der Waals surface area contributed by atoms with E-state index < -0.39 is 0 Å². The SMILES string of the molecule is COCCCNC(=O)CC(=O)Nc1ccccc1C(C)C. The van der Waals surface area contributed by atoms with Crippen molar-refractivity contribution in [2.75, 3.05) is 25.6 Å². The quantitative estimate of drug-likeness (QED) is 0.570. The molecule has 2 N–H and O–H groups in total. The molecule has 0 aliphatic rings. The maximum atomic E-state index is 11.9. The molecular formula is C16H24N2O3. The van der Waals surface area contributed by atoms with Crippen LogP contribution in [-0.4, -0.2) is 32.1 Å². The van der Waals surface area contributed by atoms with Crippen molar-refractivity contribution in [2.24, 2.45) is 0 Å². The van der Waals surface area contributed by atoms with Crippen molar-refractivity contribution in [3.8, 4) is 0 Å². The van der Waals surface area contributed by atoms with Gasteiger partial charge in [0.1, 0.15) is 6.42 Å². The van der Waals surface area contributed by atoms with Crippen molar-refractivity contribution < 1.29 is 14.3 Å². The normalized spacial score (nSPS) is 10.5. The molecule has 0 spiro atoms. The van der Waals surface area contributed by atoms with E-state index in [2.05, 4.69) is 24.5 Å². The van der Waals surface area contributed by atoms with Gasteiger partial charge in [0.25, 0.3) is 0 Å². The molecule has 0 fully saturated rings. The molecule has 0 radical (unpaired) electrons. The summed E-state index contributed by atoms with van der Waals surface area (Å²) in [6, 6.07) is 7.63. The number of para-hydroxylation sites is 1. The number of hydrogen-bond acceptors (Lipinski definition) is 3. The average molecular weight is 292 g/mol. The number of anilines is 1. The molecular weight excluding hydrogens is 268 g/mol. The molecule has 0 unspecified atom stereocenters. The van der Waals surface area contributed by atoms with Crippen molar-refractivity contribution in [3.05, 3.63) is 29.8 Å². The first-order valence-corrected chi connectivity index (χ1v) is 7.19. The summed E-state index contributed by atoms with van der Waals surface area (Å²) >= 11 is 0. The van der Waals surface area contributed by atoms with E-state index in [1.165, 1.54) is 0 Å². The Morgan fingerprint density at radius 3 is 2.57 bits per heavy atom. The topological polar surface area (TPSA) is 67.4 Å². The van der Waals surface area contributed by atoms with Gasteiger partial charge in [-0.25, -0.2) is 0 Å². The third-order valence-electron chi connectivity index (χ3n) is 3.03. The minimum Gasteiger partial charge on any atom is -0.385 e. The number of carbonyl (C=O) groups excluding carboxylic acids is 2. The van der Waals surface area contributed by atoms with Gasteiger partial charge < -0.3 is 15.4 Å². The molecule has 5 heteroatoms. The van der Waals surface area contributed by atoms with Crippen LogP contribution in [-0.2, 0) is 14.3 Å². The van der Waals surface area contributed by atoms with Crippen molar-refractivity contribution in [1.82, 2.24) is 5.32 Å². The molecule has 0 heterocycles. The molecule has 0 atom stereocenters. The van der Waals surface area contributed by atoms with Crippen LogP contribution in [0.4, 0.5) is 5.69 Å². The Hall–Kier alpha value is -1.88. The molecule has 21 heavy (non-hydrogen) atoms. The summed E-state index contributed by atoms with van der Waals surface area (Å²) in [6.45, 7) is 5.23. The molecule has 0 aromatic heterocycles. The lowest BCUT2D eigenvalue weighted by atomic mass is 10.0. The zero-order valence-electron chi connectivity index (χ0n) is 12.9. The van der Waals surface area contributed by atoms with Gasteiger partial charge in [0.2, 0.25) is 11.8 Å². The Morgan fingerprint density at radius 1 is 1.19 bits per heavy atom. The second-order valence-corrected chi connectivity index (χ2v) is 5.16. The number of rotatable bonds is 8. The van der Waals surface area contributed by atoms with E-state index in [1.54, 1.807) is 7.11 Å². The Morgan fingerprint density at radius 2 is 1.90 bits per heavy atom. The van der Waals surface area contributed by atoms with Gasteiger partial charge in [-0.1, -0.05) is 32.0 Å². The highest BCUT2D eigenvalue weighted by atomic mass is 16.5. The van der Waals surface area contributed by atoms with Gasteiger partial charge in [0.05, 0.1) is 0 Å². The van der Waals surface area contributed by atoms with Crippen molar-refractivity contribution in [1.29, 1.82) is 0 Å². The van der Waals surface area contributed by atoms with Crippen molar-refractivity contribution >= 4 is 17.5 Å². The number of methoxy groups -OCH3 is 1. The lowest BCUT2D eigenvalue weighted by molar-refractivity contribution is -0.126. The first-order valence-electron chi connectivity index (χ1n) is 7.19. The summed E-state index contributed by atoms with van der Waals surface area (Å²) in [5, 5.41) is 5.49. The number of hydrogen-bond donors (Lipinski definition) is 2. The largest absolute Gasteiger partial charge is 0.385 e. The van der Waals surface area contributed by atoms with Gasteiger partial charge in [-0.2, -0.15) is 0 Å². The predicted molar refractivity (Wildman–Crippen MR) is 83.3 cm³/mol. The van der Waals surface area contributed by atoms with Gasteiger partial charge >= 0.3 is 0 Å². The fourth-order valence-electron chi connectivity index (χ4n) is 1.96. The summed E-state index contributed by atoms with van der Waals surface area (Å²) in [6.07, 6.45) is 0.569. The minimum absolute atomic E-state index is 0.167. The van der Waals surface area contributed by atoms with E-state index in [0.29, 0.717) is 19.1 Å². The van der Waals surface area contributed by atoms with Crippen LogP contribution in [0.5, 0.6) is 0 Å². The first-order chi connectivity index (χ1) is 10.0. The molecule has 1 rings (SSSR count). The van der Waals surface area contributed by atoms with Crippen LogP contribution in [0.25, 0.3) is 0 Å². The molecule has 0 saturated heterocycles. The van der Waals surface area contributed by atoms with Crippen LogP contribution in [0.15, 0.2) is 24.3 Å². The lowest BCUT2D eigenvalue weighted by Gasteiger charge is -2.13. The Bertz CT molecular complexity index is 472. The second kappa shape index (κ2) is 9.13. The van der Waals surface area contributed by atoms with E-state index in [4.69, 9.17) is 4.74 Å². The third kappa shape index (κ3) is 6.40. The molecule has 0 aliphatic carbocycles. The average Bonchev–Trinajstić information content (AvgIpc) is 2.43. The molecule has 116 valence electrons. The van der Waals surface area contributed by atoms with E-state index in [9.17, 15) is 9.59 Å². The standard InChI is InChI=1S/C16H24N2O3/c1-12(2)13-7-4-5-8-14(13)18-16(20)11-15(19)17-9-6-10-21-3/h4-5,7-8,12H,6,9-11H2,1-3H3,(H,17,19)(H,18,20). The minimum atomic E-state index is -0.299. The summed E-state index contributed by atoms with van der Waals surface area (Å²) in [7, 11) is 1.61. The molecule has 5 nitrogen and oxygen atoms in total. The number of benzene rings is 1. The Labute approximate surface area is 126 Å². The fraction of sp³-hybridized carbons (Fsp3) is 0.500. The number of nitrogens with one attached hydrogen (secondary N) is 2. The van der Waals surface area contributed by atoms with Gasteiger partial charge in [0, 0.05) is 25.9 Å². The zero-order chi connectivity index (χ0) is 15.7. The van der Waals surface area contributed by atoms with Crippen LogP contribution in [0.2, 0.25) is 0 Å². The maximum absolute atomic E-state index is 11.9.